The number of piperidine rings is 1. The number of aryl methyl sites for hydroxylation is 1. The maximum absolute atomic E-state index is 12.3. The molecule has 0 bridgehead atoms. The second-order valence-corrected chi connectivity index (χ2v) is 6.35. The zero-order valence-electron chi connectivity index (χ0n) is 13.7. The summed E-state index contributed by atoms with van der Waals surface area (Å²) >= 11 is 0. The number of pyridine rings is 1. The van der Waals surface area contributed by atoms with Gasteiger partial charge in [-0.25, -0.2) is 0 Å². The van der Waals surface area contributed by atoms with Crippen LogP contribution in [0.5, 0.6) is 0 Å². The molecule has 0 spiro atoms. The van der Waals surface area contributed by atoms with Crippen molar-refractivity contribution >= 4 is 5.91 Å². The zero-order valence-corrected chi connectivity index (χ0v) is 13.7. The van der Waals surface area contributed by atoms with E-state index in [-0.39, 0.29) is 11.9 Å². The lowest BCUT2D eigenvalue weighted by Crippen LogP contribution is -2.43. The van der Waals surface area contributed by atoms with Crippen molar-refractivity contribution in [2.75, 3.05) is 20.1 Å². The number of hydrogen-bond donors (Lipinski definition) is 1. The van der Waals surface area contributed by atoms with Crippen LogP contribution in [0.25, 0.3) is 11.3 Å². The minimum Gasteiger partial charge on any atom is -0.349 e. The SMILES string of the molecule is Cc1cccc(-c2ccc(C(=O)NC3CCN(C)CC3)cn2)c1. The van der Waals surface area contributed by atoms with E-state index in [0.717, 1.165) is 37.2 Å². The quantitative estimate of drug-likeness (QED) is 0.948. The van der Waals surface area contributed by atoms with Crippen molar-refractivity contribution in [3.63, 3.8) is 0 Å². The Hall–Kier alpha value is -2.20. The summed E-state index contributed by atoms with van der Waals surface area (Å²) in [6.45, 7) is 4.14. The van der Waals surface area contributed by atoms with Gasteiger partial charge in [-0.15, -0.1) is 0 Å². The molecule has 0 saturated carbocycles. The number of nitrogens with one attached hydrogen (secondary N) is 1. The third-order valence-corrected chi connectivity index (χ3v) is 4.39. The number of carbonyl (C=O) groups is 1. The summed E-state index contributed by atoms with van der Waals surface area (Å²) in [5, 5.41) is 3.12. The first-order valence-electron chi connectivity index (χ1n) is 8.14. The highest BCUT2D eigenvalue weighted by molar-refractivity contribution is 5.94. The molecule has 0 atom stereocenters. The topological polar surface area (TPSA) is 45.2 Å². The molecule has 0 unspecified atom stereocenters. The fourth-order valence-electron chi connectivity index (χ4n) is 2.92. The van der Waals surface area contributed by atoms with Crippen LogP contribution >= 0.6 is 0 Å². The van der Waals surface area contributed by atoms with Crippen molar-refractivity contribution in [1.29, 1.82) is 0 Å². The van der Waals surface area contributed by atoms with Crippen LogP contribution < -0.4 is 5.32 Å². The molecule has 4 nitrogen and oxygen atoms in total. The van der Waals surface area contributed by atoms with Gasteiger partial charge in [0.2, 0.25) is 0 Å². The number of rotatable bonds is 3. The van der Waals surface area contributed by atoms with Crippen molar-refractivity contribution in [1.82, 2.24) is 15.2 Å². The van der Waals surface area contributed by atoms with Crippen LogP contribution in [0.15, 0.2) is 42.6 Å². The van der Waals surface area contributed by atoms with E-state index in [0.29, 0.717) is 5.56 Å². The molecule has 1 N–H and O–H groups in total. The molecule has 23 heavy (non-hydrogen) atoms. The Kier molecular flexibility index (Phi) is 4.72. The van der Waals surface area contributed by atoms with Gasteiger partial charge in [-0.3, -0.25) is 9.78 Å². The summed E-state index contributed by atoms with van der Waals surface area (Å²) < 4.78 is 0. The second kappa shape index (κ2) is 6.92. The van der Waals surface area contributed by atoms with Gasteiger partial charge in [-0.2, -0.15) is 0 Å². The molecule has 1 fully saturated rings. The van der Waals surface area contributed by atoms with Crippen molar-refractivity contribution < 1.29 is 4.79 Å². The third-order valence-electron chi connectivity index (χ3n) is 4.39. The summed E-state index contributed by atoms with van der Waals surface area (Å²) in [4.78, 5) is 19.1. The summed E-state index contributed by atoms with van der Waals surface area (Å²) in [5.41, 5.74) is 3.80. The first-order valence-corrected chi connectivity index (χ1v) is 8.14. The first kappa shape index (κ1) is 15.7. The van der Waals surface area contributed by atoms with Crippen molar-refractivity contribution in [3.8, 4) is 11.3 Å². The molecular weight excluding hydrogens is 286 g/mol. The number of benzene rings is 1. The highest BCUT2D eigenvalue weighted by atomic mass is 16.1. The Bertz CT molecular complexity index is 673. The maximum Gasteiger partial charge on any atom is 0.253 e. The molecule has 1 saturated heterocycles. The number of nitrogens with zero attached hydrogens (tertiary/aromatic N) is 2. The van der Waals surface area contributed by atoms with Crippen LogP contribution in [-0.2, 0) is 0 Å². The van der Waals surface area contributed by atoms with Crippen LogP contribution in [0.3, 0.4) is 0 Å². The Morgan fingerprint density at radius 2 is 2.00 bits per heavy atom. The fraction of sp³-hybridized carbons (Fsp3) is 0.368. The summed E-state index contributed by atoms with van der Waals surface area (Å²) in [6, 6.07) is 12.3. The van der Waals surface area contributed by atoms with E-state index >= 15 is 0 Å². The van der Waals surface area contributed by atoms with E-state index in [1.54, 1.807) is 6.20 Å². The van der Waals surface area contributed by atoms with E-state index in [4.69, 9.17) is 0 Å². The van der Waals surface area contributed by atoms with Crippen LogP contribution in [0.4, 0.5) is 0 Å². The highest BCUT2D eigenvalue weighted by Gasteiger charge is 2.19. The van der Waals surface area contributed by atoms with Crippen LogP contribution in [0.1, 0.15) is 28.8 Å². The van der Waals surface area contributed by atoms with Gasteiger partial charge < -0.3 is 10.2 Å². The lowest BCUT2D eigenvalue weighted by molar-refractivity contribution is 0.0916. The number of likely N-dealkylation sites (tertiary alicyclic amines) is 1. The molecule has 1 amide bonds. The fourth-order valence-corrected chi connectivity index (χ4v) is 2.92. The molecule has 2 heterocycles. The lowest BCUT2D eigenvalue weighted by Gasteiger charge is -2.29. The number of amides is 1. The normalized spacial score (nSPS) is 16.3. The van der Waals surface area contributed by atoms with E-state index in [1.807, 2.05) is 24.3 Å². The lowest BCUT2D eigenvalue weighted by atomic mass is 10.0. The predicted molar refractivity (Wildman–Crippen MR) is 92.4 cm³/mol. The van der Waals surface area contributed by atoms with Gasteiger partial charge in [0.15, 0.2) is 0 Å². The zero-order chi connectivity index (χ0) is 16.2. The van der Waals surface area contributed by atoms with E-state index < -0.39 is 0 Å². The van der Waals surface area contributed by atoms with E-state index in [9.17, 15) is 4.79 Å². The molecular formula is C19H23N3O. The minimum absolute atomic E-state index is 0.0251. The molecule has 120 valence electrons. The number of hydrogen-bond acceptors (Lipinski definition) is 3. The maximum atomic E-state index is 12.3. The van der Waals surface area contributed by atoms with Gasteiger partial charge in [0, 0.05) is 17.8 Å². The molecule has 0 radical (unpaired) electrons. The van der Waals surface area contributed by atoms with Gasteiger partial charge in [-0.1, -0.05) is 23.8 Å². The Labute approximate surface area is 137 Å². The first-order chi connectivity index (χ1) is 11.1. The molecule has 4 heteroatoms. The Balaban J connectivity index is 1.66. The molecule has 1 aliphatic rings. The summed E-state index contributed by atoms with van der Waals surface area (Å²) in [5.74, 6) is -0.0251. The van der Waals surface area contributed by atoms with E-state index in [2.05, 4.69) is 41.3 Å². The number of carbonyl (C=O) groups excluding carboxylic acids is 1. The largest absolute Gasteiger partial charge is 0.349 e. The minimum atomic E-state index is -0.0251. The van der Waals surface area contributed by atoms with Crippen LogP contribution in [-0.4, -0.2) is 42.0 Å². The smallest absolute Gasteiger partial charge is 0.253 e. The van der Waals surface area contributed by atoms with Gasteiger partial charge in [0.1, 0.15) is 0 Å². The standard InChI is InChI=1S/C19H23N3O/c1-14-4-3-5-15(12-14)18-7-6-16(13-20-18)19(23)21-17-8-10-22(2)11-9-17/h3-7,12-13,17H,8-11H2,1-2H3,(H,21,23). The summed E-state index contributed by atoms with van der Waals surface area (Å²) in [6.07, 6.45) is 3.69. The molecule has 1 aromatic heterocycles. The van der Waals surface area contributed by atoms with Crippen molar-refractivity contribution in [2.24, 2.45) is 0 Å². The van der Waals surface area contributed by atoms with Crippen LogP contribution in [0, 0.1) is 6.92 Å². The van der Waals surface area contributed by atoms with Gasteiger partial charge >= 0.3 is 0 Å². The highest BCUT2D eigenvalue weighted by Crippen LogP contribution is 2.18. The Morgan fingerprint density at radius 1 is 1.22 bits per heavy atom. The van der Waals surface area contributed by atoms with Gasteiger partial charge in [-0.05, 0) is 58.1 Å². The molecule has 0 aliphatic carbocycles. The van der Waals surface area contributed by atoms with Gasteiger partial charge in [0.25, 0.3) is 5.91 Å². The van der Waals surface area contributed by atoms with Crippen molar-refractivity contribution in [2.45, 2.75) is 25.8 Å². The monoisotopic (exact) mass is 309 g/mol. The van der Waals surface area contributed by atoms with Crippen LogP contribution in [0.2, 0.25) is 0 Å². The van der Waals surface area contributed by atoms with Gasteiger partial charge in [0.05, 0.1) is 11.3 Å². The predicted octanol–water partition coefficient (Wildman–Crippen LogP) is 2.88. The summed E-state index contributed by atoms with van der Waals surface area (Å²) in [7, 11) is 2.12. The van der Waals surface area contributed by atoms with Crippen molar-refractivity contribution in [3.05, 3.63) is 53.7 Å². The molecule has 3 rings (SSSR count). The average Bonchev–Trinajstić information content (AvgIpc) is 2.57. The number of aromatic nitrogens is 1. The molecule has 2 aromatic rings. The average molecular weight is 309 g/mol. The Morgan fingerprint density at radius 3 is 2.65 bits per heavy atom. The molecule has 1 aliphatic heterocycles. The second-order valence-electron chi connectivity index (χ2n) is 6.35. The molecule has 1 aromatic carbocycles. The van der Waals surface area contributed by atoms with E-state index in [1.165, 1.54) is 5.56 Å². The third kappa shape index (κ3) is 3.96.